The summed E-state index contributed by atoms with van der Waals surface area (Å²) in [6.07, 6.45) is 1.06. The highest BCUT2D eigenvalue weighted by Gasteiger charge is 2.20. The zero-order chi connectivity index (χ0) is 15.5. The van der Waals surface area contributed by atoms with Gasteiger partial charge in [0.2, 0.25) is 5.43 Å². The van der Waals surface area contributed by atoms with E-state index >= 15 is 0 Å². The molecule has 1 aromatic heterocycles. The summed E-state index contributed by atoms with van der Waals surface area (Å²) in [5.74, 6) is -0.0734. The van der Waals surface area contributed by atoms with Crippen molar-refractivity contribution in [3.05, 3.63) is 58.4 Å². The van der Waals surface area contributed by atoms with Gasteiger partial charge in [0.05, 0.1) is 12.2 Å². The summed E-state index contributed by atoms with van der Waals surface area (Å²) in [5.41, 5.74) is 0.185. The number of aromatic hydroxyl groups is 1. The van der Waals surface area contributed by atoms with Crippen molar-refractivity contribution in [2.75, 3.05) is 31.1 Å². The summed E-state index contributed by atoms with van der Waals surface area (Å²) in [5, 5.41) is 9.17. The van der Waals surface area contributed by atoms with E-state index in [1.807, 2.05) is 11.0 Å². The van der Waals surface area contributed by atoms with Crippen LogP contribution in [-0.4, -0.2) is 36.2 Å². The minimum Gasteiger partial charge on any atom is -0.502 e. The van der Waals surface area contributed by atoms with E-state index in [9.17, 15) is 14.3 Å². The maximum Gasteiger partial charge on any atom is 0.226 e. The molecule has 2 heterocycles. The highest BCUT2D eigenvalue weighted by Crippen LogP contribution is 2.20. The van der Waals surface area contributed by atoms with Gasteiger partial charge in [0, 0.05) is 32.2 Å². The summed E-state index contributed by atoms with van der Waals surface area (Å²) in [6.45, 7) is 3.42. The molecule has 116 valence electrons. The highest BCUT2D eigenvalue weighted by atomic mass is 19.1. The summed E-state index contributed by atoms with van der Waals surface area (Å²) < 4.78 is 19.0. The Bertz CT molecular complexity index is 709. The van der Waals surface area contributed by atoms with E-state index in [0.29, 0.717) is 31.1 Å². The maximum absolute atomic E-state index is 13.8. The summed E-state index contributed by atoms with van der Waals surface area (Å²) in [6, 6.07) is 8.06. The first kappa shape index (κ1) is 14.6. The zero-order valence-corrected chi connectivity index (χ0v) is 12.0. The molecule has 6 heteroatoms. The van der Waals surface area contributed by atoms with Crippen molar-refractivity contribution in [2.24, 2.45) is 0 Å². The summed E-state index contributed by atoms with van der Waals surface area (Å²) >= 11 is 0. The Kier molecular flexibility index (Phi) is 4.11. The molecule has 0 saturated carbocycles. The highest BCUT2D eigenvalue weighted by molar-refractivity contribution is 5.47. The van der Waals surface area contributed by atoms with E-state index in [-0.39, 0.29) is 11.6 Å². The molecule has 1 N–H and O–H groups in total. The molecule has 0 radical (unpaired) electrons. The molecule has 5 nitrogen and oxygen atoms in total. The Labute approximate surface area is 127 Å². The predicted molar refractivity (Wildman–Crippen MR) is 80.5 cm³/mol. The topological polar surface area (TPSA) is 56.9 Å². The molecule has 3 rings (SSSR count). The molecule has 0 unspecified atom stereocenters. The molecular formula is C16H17FN2O3. The van der Waals surface area contributed by atoms with Crippen LogP contribution in [0.4, 0.5) is 10.1 Å². The van der Waals surface area contributed by atoms with E-state index in [1.54, 1.807) is 12.1 Å². The van der Waals surface area contributed by atoms with Crippen molar-refractivity contribution >= 4 is 5.69 Å². The molecule has 1 aromatic carbocycles. The Morgan fingerprint density at radius 2 is 1.91 bits per heavy atom. The summed E-state index contributed by atoms with van der Waals surface area (Å²) in [4.78, 5) is 15.5. The van der Waals surface area contributed by atoms with Gasteiger partial charge in [0.15, 0.2) is 5.75 Å². The lowest BCUT2D eigenvalue weighted by atomic mass is 10.2. The first-order chi connectivity index (χ1) is 10.6. The van der Waals surface area contributed by atoms with E-state index in [1.165, 1.54) is 12.1 Å². The molecule has 22 heavy (non-hydrogen) atoms. The van der Waals surface area contributed by atoms with E-state index in [2.05, 4.69) is 4.90 Å². The Morgan fingerprint density at radius 3 is 2.59 bits per heavy atom. The fourth-order valence-electron chi connectivity index (χ4n) is 2.60. The van der Waals surface area contributed by atoms with Gasteiger partial charge in [-0.05, 0) is 12.1 Å². The van der Waals surface area contributed by atoms with E-state index in [4.69, 9.17) is 4.42 Å². The molecule has 0 atom stereocenters. The minimum atomic E-state index is -0.439. The van der Waals surface area contributed by atoms with Gasteiger partial charge in [0.1, 0.15) is 17.8 Å². The van der Waals surface area contributed by atoms with Crippen LogP contribution in [0.5, 0.6) is 5.75 Å². The van der Waals surface area contributed by atoms with Crippen molar-refractivity contribution in [3.63, 3.8) is 0 Å². The van der Waals surface area contributed by atoms with Crippen LogP contribution in [0.2, 0.25) is 0 Å². The first-order valence-corrected chi connectivity index (χ1v) is 7.16. The predicted octanol–water partition coefficient (Wildman–Crippen LogP) is 1.81. The van der Waals surface area contributed by atoms with Crippen molar-refractivity contribution in [1.82, 2.24) is 4.90 Å². The van der Waals surface area contributed by atoms with Crippen molar-refractivity contribution in [3.8, 4) is 5.75 Å². The summed E-state index contributed by atoms with van der Waals surface area (Å²) in [7, 11) is 0. The van der Waals surface area contributed by atoms with Crippen molar-refractivity contribution in [1.29, 1.82) is 0 Å². The van der Waals surface area contributed by atoms with Gasteiger partial charge in [-0.3, -0.25) is 9.69 Å². The Morgan fingerprint density at radius 1 is 1.18 bits per heavy atom. The molecule has 0 spiro atoms. The molecule has 0 amide bonds. The van der Waals surface area contributed by atoms with Gasteiger partial charge in [-0.2, -0.15) is 0 Å². The zero-order valence-electron chi connectivity index (χ0n) is 12.0. The number of anilines is 1. The third kappa shape index (κ3) is 3.12. The minimum absolute atomic E-state index is 0.208. The van der Waals surface area contributed by atoms with Gasteiger partial charge in [-0.1, -0.05) is 12.1 Å². The number of halogens is 1. The van der Waals surface area contributed by atoms with Crippen LogP contribution in [-0.2, 0) is 6.54 Å². The molecule has 1 saturated heterocycles. The normalized spacial score (nSPS) is 16.0. The average molecular weight is 304 g/mol. The average Bonchev–Trinajstić information content (AvgIpc) is 2.52. The number of nitrogens with zero attached hydrogens (tertiary/aromatic N) is 2. The van der Waals surface area contributed by atoms with Gasteiger partial charge < -0.3 is 14.4 Å². The fraction of sp³-hybridized carbons (Fsp3) is 0.312. The van der Waals surface area contributed by atoms with Crippen LogP contribution < -0.4 is 10.3 Å². The molecule has 1 fully saturated rings. The quantitative estimate of drug-likeness (QED) is 0.937. The molecule has 2 aromatic rings. The lowest BCUT2D eigenvalue weighted by molar-refractivity contribution is 0.226. The van der Waals surface area contributed by atoms with Gasteiger partial charge in [-0.15, -0.1) is 0 Å². The first-order valence-electron chi connectivity index (χ1n) is 7.16. The lowest BCUT2D eigenvalue weighted by Gasteiger charge is -2.35. The second kappa shape index (κ2) is 6.19. The number of benzene rings is 1. The monoisotopic (exact) mass is 304 g/mol. The van der Waals surface area contributed by atoms with Gasteiger partial charge in [-0.25, -0.2) is 4.39 Å². The van der Waals surface area contributed by atoms with Crippen LogP contribution in [0, 0.1) is 5.82 Å². The third-order valence-corrected chi connectivity index (χ3v) is 3.81. The van der Waals surface area contributed by atoms with Crippen molar-refractivity contribution in [2.45, 2.75) is 6.54 Å². The second-order valence-corrected chi connectivity index (χ2v) is 5.31. The molecular weight excluding hydrogens is 287 g/mol. The largest absolute Gasteiger partial charge is 0.502 e. The standard InChI is InChI=1S/C16H17FN2O3/c17-13-3-1-2-4-14(13)19-7-5-18(6-8-19)10-12-9-15(20)16(21)11-22-12/h1-4,9,11,21H,5-8,10H2. The van der Waals surface area contributed by atoms with Gasteiger partial charge >= 0.3 is 0 Å². The van der Waals surface area contributed by atoms with Crippen LogP contribution in [0.3, 0.4) is 0 Å². The number of piperazine rings is 1. The number of rotatable bonds is 3. The smallest absolute Gasteiger partial charge is 0.226 e. The SMILES string of the molecule is O=c1cc(CN2CCN(c3ccccc3F)CC2)occ1O. The Balaban J connectivity index is 1.61. The Hall–Kier alpha value is -2.34. The fourth-order valence-corrected chi connectivity index (χ4v) is 2.60. The van der Waals surface area contributed by atoms with Gasteiger partial charge in [0.25, 0.3) is 0 Å². The molecule has 1 aliphatic heterocycles. The van der Waals surface area contributed by atoms with Crippen molar-refractivity contribution < 1.29 is 13.9 Å². The molecule has 1 aliphatic rings. The number of hydrogen-bond acceptors (Lipinski definition) is 5. The molecule has 0 aliphatic carbocycles. The van der Waals surface area contributed by atoms with Crippen LogP contribution in [0.1, 0.15) is 5.76 Å². The maximum atomic E-state index is 13.8. The van der Waals surface area contributed by atoms with E-state index < -0.39 is 5.43 Å². The third-order valence-electron chi connectivity index (χ3n) is 3.81. The van der Waals surface area contributed by atoms with Crippen LogP contribution in [0.15, 0.2) is 45.8 Å². The molecule has 0 bridgehead atoms. The lowest BCUT2D eigenvalue weighted by Crippen LogP contribution is -2.46. The van der Waals surface area contributed by atoms with Crippen LogP contribution in [0.25, 0.3) is 0 Å². The number of hydrogen-bond donors (Lipinski definition) is 1. The van der Waals surface area contributed by atoms with E-state index in [0.717, 1.165) is 19.4 Å². The number of para-hydroxylation sites is 1. The second-order valence-electron chi connectivity index (χ2n) is 5.31. The van der Waals surface area contributed by atoms with Crippen LogP contribution >= 0.6 is 0 Å².